The van der Waals surface area contributed by atoms with Crippen LogP contribution < -0.4 is 22.9 Å². The molecule has 4 aromatic rings. The summed E-state index contributed by atoms with van der Waals surface area (Å²) in [4.78, 5) is 3.33. The van der Waals surface area contributed by atoms with Gasteiger partial charge in [-0.15, -0.1) is 0 Å². The molecule has 0 saturated heterocycles. The molecule has 0 saturated carbocycles. The number of nitrogen functional groups attached to an aromatic ring is 4. The Morgan fingerprint density at radius 3 is 0.515 bits per heavy atom. The van der Waals surface area contributed by atoms with Gasteiger partial charge >= 0.3 is 19.5 Å². The van der Waals surface area contributed by atoms with Gasteiger partial charge in [0.25, 0.3) is 0 Å². The molecule has 0 aliphatic rings. The van der Waals surface area contributed by atoms with Crippen LogP contribution in [0, 0.1) is 0 Å². The SMILES string of the molecule is Nc1ccc([S-])cc1.Nc1ccc([S-])cc1.Nc1ccc([S-])cc1.Nc1ccc([S-])cc1.[Zn+2]. The van der Waals surface area contributed by atoms with E-state index in [0.717, 1.165) is 42.3 Å². The maximum Gasteiger partial charge on any atom is 2.00 e. The monoisotopic (exact) mass is 560 g/mol. The molecule has 0 aliphatic heterocycles. The Hall–Kier alpha value is -2.42. The Morgan fingerprint density at radius 2 is 0.424 bits per heavy atom. The van der Waals surface area contributed by atoms with Crippen molar-refractivity contribution in [2.24, 2.45) is 0 Å². The molecule has 168 valence electrons. The van der Waals surface area contributed by atoms with Crippen LogP contribution in [-0.4, -0.2) is 0 Å². The van der Waals surface area contributed by atoms with Crippen molar-refractivity contribution in [2.75, 3.05) is 22.9 Å². The summed E-state index contributed by atoms with van der Waals surface area (Å²) in [7, 11) is 0. The average Bonchev–Trinajstić information content (AvgIpc) is 2.78. The number of anilines is 4. The molecule has 0 amide bonds. The molecule has 0 bridgehead atoms. The fraction of sp³-hybridized carbons (Fsp3) is 0. The Morgan fingerprint density at radius 1 is 0.303 bits per heavy atom. The molecular weight excluding hydrogens is 538 g/mol. The molecule has 4 aromatic carbocycles. The summed E-state index contributed by atoms with van der Waals surface area (Å²) in [6, 6.07) is 28.8. The number of nitrogens with two attached hydrogens (primary N) is 4. The van der Waals surface area contributed by atoms with E-state index < -0.39 is 0 Å². The second kappa shape index (κ2) is 17.1. The van der Waals surface area contributed by atoms with Crippen LogP contribution in [0.25, 0.3) is 0 Å². The second-order valence-corrected chi connectivity index (χ2v) is 8.16. The first-order valence-electron chi connectivity index (χ1n) is 9.26. The molecule has 0 aliphatic carbocycles. The Labute approximate surface area is 230 Å². The van der Waals surface area contributed by atoms with E-state index in [1.165, 1.54) is 0 Å². The minimum absolute atomic E-state index is 0. The predicted octanol–water partition coefficient (Wildman–Crippen LogP) is 4.70. The van der Waals surface area contributed by atoms with E-state index in [9.17, 15) is 0 Å². The Balaban J connectivity index is 0.000000410. The van der Waals surface area contributed by atoms with E-state index in [1.807, 2.05) is 48.5 Å². The summed E-state index contributed by atoms with van der Waals surface area (Å²) in [5.74, 6) is 0. The van der Waals surface area contributed by atoms with Crippen LogP contribution in [0.5, 0.6) is 0 Å². The molecule has 0 spiro atoms. The second-order valence-electron chi connectivity index (χ2n) is 6.28. The van der Waals surface area contributed by atoms with Crippen LogP contribution >= 0.6 is 0 Å². The zero-order chi connectivity index (χ0) is 23.9. The van der Waals surface area contributed by atoms with E-state index >= 15 is 0 Å². The van der Waals surface area contributed by atoms with Gasteiger partial charge < -0.3 is 73.4 Å². The zero-order valence-electron chi connectivity index (χ0n) is 17.9. The third kappa shape index (κ3) is 15.9. The van der Waals surface area contributed by atoms with Crippen molar-refractivity contribution < 1.29 is 19.5 Å². The van der Waals surface area contributed by atoms with Crippen LogP contribution in [0.1, 0.15) is 0 Å². The first-order valence-corrected chi connectivity index (χ1v) is 10.9. The van der Waals surface area contributed by atoms with Crippen molar-refractivity contribution >= 4 is 73.3 Å². The van der Waals surface area contributed by atoms with Crippen LogP contribution in [0.2, 0.25) is 0 Å². The van der Waals surface area contributed by atoms with Crippen molar-refractivity contribution in [3.05, 3.63) is 97.1 Å². The minimum Gasteiger partial charge on any atom is -0.780 e. The normalized spacial score (nSPS) is 8.73. The summed E-state index contributed by atoms with van der Waals surface area (Å²) in [5.41, 5.74) is 24.6. The molecule has 0 heterocycles. The summed E-state index contributed by atoms with van der Waals surface area (Å²) in [6.07, 6.45) is 0. The predicted molar refractivity (Wildman–Crippen MR) is 146 cm³/mol. The average molecular weight is 562 g/mol. The standard InChI is InChI=1S/4C6H7NS.Zn/c4*7-5-1-3-6(8)4-2-5;/h4*1-4,8H,7H2;/q;;;;+2/p-4. The first kappa shape index (κ1) is 30.6. The minimum atomic E-state index is 0. The van der Waals surface area contributed by atoms with E-state index in [-0.39, 0.29) is 19.5 Å². The van der Waals surface area contributed by atoms with Crippen LogP contribution in [0.4, 0.5) is 22.7 Å². The summed E-state index contributed by atoms with van der Waals surface area (Å²) < 4.78 is 0. The molecular formula is C24H24N4S4Zn-2. The fourth-order valence-corrected chi connectivity index (χ4v) is 2.42. The number of rotatable bonds is 0. The summed E-state index contributed by atoms with van der Waals surface area (Å²) in [5, 5.41) is 0. The van der Waals surface area contributed by atoms with Crippen molar-refractivity contribution in [3.63, 3.8) is 0 Å². The molecule has 0 fully saturated rings. The van der Waals surface area contributed by atoms with Gasteiger partial charge in [0, 0.05) is 22.7 Å². The molecule has 0 aromatic heterocycles. The Kier molecular flexibility index (Phi) is 15.9. The molecule has 4 nitrogen and oxygen atoms in total. The van der Waals surface area contributed by atoms with Gasteiger partial charge in [0.2, 0.25) is 0 Å². The number of hydrogen-bond donors (Lipinski definition) is 4. The van der Waals surface area contributed by atoms with Crippen LogP contribution in [-0.2, 0) is 70.0 Å². The maximum absolute atomic E-state index is 5.38. The van der Waals surface area contributed by atoms with Crippen LogP contribution in [0.15, 0.2) is 117 Å². The number of benzene rings is 4. The summed E-state index contributed by atoms with van der Waals surface area (Å²) >= 11 is 19.3. The molecule has 4 rings (SSSR count). The molecule has 33 heavy (non-hydrogen) atoms. The van der Waals surface area contributed by atoms with Gasteiger partial charge in [0.1, 0.15) is 0 Å². The van der Waals surface area contributed by atoms with Gasteiger partial charge in [-0.3, -0.25) is 0 Å². The number of hydrogen-bond acceptors (Lipinski definition) is 8. The topological polar surface area (TPSA) is 104 Å². The van der Waals surface area contributed by atoms with Gasteiger partial charge in [0.15, 0.2) is 0 Å². The third-order valence-corrected chi connectivity index (χ3v) is 4.61. The van der Waals surface area contributed by atoms with Gasteiger partial charge in [-0.1, -0.05) is 48.5 Å². The van der Waals surface area contributed by atoms with Crippen molar-refractivity contribution in [3.8, 4) is 0 Å². The first-order chi connectivity index (χ1) is 15.2. The maximum atomic E-state index is 5.38. The molecule has 0 atom stereocenters. The van der Waals surface area contributed by atoms with Gasteiger partial charge in [-0.2, -0.15) is 19.6 Å². The van der Waals surface area contributed by atoms with Crippen molar-refractivity contribution in [1.82, 2.24) is 0 Å². The van der Waals surface area contributed by atoms with Crippen molar-refractivity contribution in [1.29, 1.82) is 0 Å². The van der Waals surface area contributed by atoms with E-state index in [1.54, 1.807) is 48.5 Å². The largest absolute Gasteiger partial charge is 2.00 e. The molecule has 0 unspecified atom stereocenters. The van der Waals surface area contributed by atoms with Gasteiger partial charge in [0.05, 0.1) is 0 Å². The summed E-state index contributed by atoms with van der Waals surface area (Å²) in [6.45, 7) is 0. The van der Waals surface area contributed by atoms with Crippen molar-refractivity contribution in [2.45, 2.75) is 19.6 Å². The quantitative estimate of drug-likeness (QED) is 0.139. The molecule has 9 heteroatoms. The van der Waals surface area contributed by atoms with Gasteiger partial charge in [-0.05, 0) is 48.5 Å². The van der Waals surface area contributed by atoms with Crippen LogP contribution in [0.3, 0.4) is 0 Å². The van der Waals surface area contributed by atoms with E-state index in [4.69, 9.17) is 73.4 Å². The third-order valence-electron chi connectivity index (χ3n) is 3.52. The smallest absolute Gasteiger partial charge is 0.780 e. The van der Waals surface area contributed by atoms with Gasteiger partial charge in [-0.25, -0.2) is 0 Å². The zero-order valence-corrected chi connectivity index (χ0v) is 24.1. The van der Waals surface area contributed by atoms with E-state index in [2.05, 4.69) is 0 Å². The Bertz CT molecular complexity index is 770. The molecule has 0 radical (unpaired) electrons. The van der Waals surface area contributed by atoms with E-state index in [0.29, 0.717) is 0 Å². The molecule has 8 N–H and O–H groups in total. The fourth-order valence-electron chi connectivity index (χ4n) is 1.87.